The monoisotopic (exact) mass is 491 g/mol. The zero-order valence-corrected chi connectivity index (χ0v) is 20.9. The van der Waals surface area contributed by atoms with Crippen LogP contribution in [0.1, 0.15) is 58.3 Å². The molecule has 1 amide bonds. The molecule has 1 aliphatic carbocycles. The van der Waals surface area contributed by atoms with Crippen molar-refractivity contribution >= 4 is 17.7 Å². The number of hydrogen-bond acceptors (Lipinski definition) is 8. The number of hydrogen-bond donors (Lipinski definition) is 1. The second-order valence-electron chi connectivity index (χ2n) is 9.15. The van der Waals surface area contributed by atoms with Crippen molar-refractivity contribution in [2.24, 2.45) is 5.92 Å². The Balaban J connectivity index is 1.57. The van der Waals surface area contributed by atoms with Crippen LogP contribution in [0.4, 0.5) is 0 Å². The first-order valence-corrected chi connectivity index (χ1v) is 12.4. The highest BCUT2D eigenvalue weighted by atomic mass is 16.6. The van der Waals surface area contributed by atoms with Crippen LogP contribution in [0.25, 0.3) is 0 Å². The Hall–Kier alpha value is -2.81. The number of methoxy groups -OCH3 is 2. The molecule has 194 valence electrons. The fraction of sp³-hybridized carbons (Fsp3) is 0.654. The number of piperidine rings is 1. The van der Waals surface area contributed by atoms with Crippen molar-refractivity contribution < 1.29 is 38.4 Å². The topological polar surface area (TPSA) is 112 Å². The average Bonchev–Trinajstić information content (AvgIpc) is 2.90. The predicted octanol–water partition coefficient (Wildman–Crippen LogP) is 2.91. The van der Waals surface area contributed by atoms with E-state index < -0.39 is 29.3 Å². The molecule has 0 spiro atoms. The molecular formula is C26H37NO8. The van der Waals surface area contributed by atoms with E-state index >= 15 is 0 Å². The van der Waals surface area contributed by atoms with Gasteiger partial charge in [0.1, 0.15) is 30.6 Å². The molecule has 2 aliphatic rings. The zero-order valence-electron chi connectivity index (χ0n) is 20.9. The Morgan fingerprint density at radius 3 is 2.49 bits per heavy atom. The lowest BCUT2D eigenvalue weighted by Crippen LogP contribution is -2.58. The molecule has 1 aromatic rings. The highest BCUT2D eigenvalue weighted by Gasteiger charge is 2.49. The molecule has 9 heteroatoms. The molecule has 1 aliphatic heterocycles. The number of esters is 1. The first-order valence-electron chi connectivity index (χ1n) is 12.4. The minimum Gasteiger partial charge on any atom is -0.493 e. The number of carbonyl (C=O) groups excluding carboxylic acids is 3. The van der Waals surface area contributed by atoms with Crippen LogP contribution in [0.2, 0.25) is 0 Å². The van der Waals surface area contributed by atoms with Crippen LogP contribution in [-0.2, 0) is 19.1 Å². The number of ketones is 1. The minimum absolute atomic E-state index is 0.0124. The van der Waals surface area contributed by atoms with Crippen molar-refractivity contribution in [1.29, 1.82) is 0 Å². The summed E-state index contributed by atoms with van der Waals surface area (Å²) in [6, 6.07) is 4.27. The number of rotatable bonds is 10. The summed E-state index contributed by atoms with van der Waals surface area (Å²) in [7, 11) is 3.07. The van der Waals surface area contributed by atoms with Crippen LogP contribution >= 0.6 is 0 Å². The number of carbonyl (C=O) groups is 3. The quantitative estimate of drug-likeness (QED) is 0.302. The maximum Gasteiger partial charge on any atom is 0.328 e. The lowest BCUT2D eigenvalue weighted by molar-refractivity contribution is -0.168. The van der Waals surface area contributed by atoms with Crippen molar-refractivity contribution in [3.63, 3.8) is 0 Å². The number of Topliss-reactive ketones (excluding diaryl/α,β-unsaturated/α-hetero) is 1. The largest absolute Gasteiger partial charge is 0.493 e. The third kappa shape index (κ3) is 6.07. The molecule has 9 nitrogen and oxygen atoms in total. The normalized spacial score (nSPS) is 24.4. The average molecular weight is 492 g/mol. The Labute approximate surface area is 206 Å². The summed E-state index contributed by atoms with van der Waals surface area (Å²) in [6.07, 6.45) is 5.14. The van der Waals surface area contributed by atoms with E-state index in [4.69, 9.17) is 18.9 Å². The SMILES string of the molecule is CC[C@@H]1CCCC[C@@]1(O)C(=O)C(=O)N1CCCC[C@H]1C(=O)OCCOc1ccc(OC)c(OC)c1. The van der Waals surface area contributed by atoms with Gasteiger partial charge in [0.05, 0.1) is 14.2 Å². The van der Waals surface area contributed by atoms with Gasteiger partial charge in [-0.1, -0.05) is 26.2 Å². The summed E-state index contributed by atoms with van der Waals surface area (Å²) in [5.74, 6) is -0.748. The molecule has 3 atom stereocenters. The van der Waals surface area contributed by atoms with E-state index in [0.29, 0.717) is 49.5 Å². The van der Waals surface area contributed by atoms with E-state index in [-0.39, 0.29) is 25.6 Å². The molecule has 1 saturated heterocycles. The number of nitrogens with zero attached hydrogens (tertiary/aromatic N) is 1. The van der Waals surface area contributed by atoms with E-state index in [1.807, 2.05) is 6.92 Å². The zero-order chi connectivity index (χ0) is 25.4. The van der Waals surface area contributed by atoms with Gasteiger partial charge < -0.3 is 29.0 Å². The van der Waals surface area contributed by atoms with Crippen molar-refractivity contribution in [3.05, 3.63) is 18.2 Å². The summed E-state index contributed by atoms with van der Waals surface area (Å²) < 4.78 is 21.5. The van der Waals surface area contributed by atoms with E-state index in [9.17, 15) is 19.5 Å². The second-order valence-corrected chi connectivity index (χ2v) is 9.15. The van der Waals surface area contributed by atoms with Gasteiger partial charge in [0, 0.05) is 12.6 Å². The van der Waals surface area contributed by atoms with Gasteiger partial charge in [-0.05, 0) is 50.2 Å². The molecule has 0 bridgehead atoms. The molecule has 1 N–H and O–H groups in total. The molecule has 35 heavy (non-hydrogen) atoms. The Morgan fingerprint density at radius 2 is 1.77 bits per heavy atom. The van der Waals surface area contributed by atoms with Crippen LogP contribution in [0.5, 0.6) is 17.2 Å². The molecule has 0 aromatic heterocycles. The van der Waals surface area contributed by atoms with Gasteiger partial charge in [-0.2, -0.15) is 0 Å². The van der Waals surface area contributed by atoms with Crippen molar-refractivity contribution in [2.45, 2.75) is 69.9 Å². The summed E-state index contributed by atoms with van der Waals surface area (Å²) in [4.78, 5) is 40.4. The van der Waals surface area contributed by atoms with Crippen molar-refractivity contribution in [2.75, 3.05) is 34.0 Å². The van der Waals surface area contributed by atoms with Gasteiger partial charge in [-0.15, -0.1) is 0 Å². The number of aliphatic hydroxyl groups is 1. The molecule has 2 fully saturated rings. The molecule has 3 rings (SSSR count). The Morgan fingerprint density at radius 1 is 1.03 bits per heavy atom. The van der Waals surface area contributed by atoms with Gasteiger partial charge in [0.15, 0.2) is 11.5 Å². The number of ether oxygens (including phenoxy) is 4. The van der Waals surface area contributed by atoms with E-state index in [2.05, 4.69) is 0 Å². The van der Waals surface area contributed by atoms with Crippen LogP contribution < -0.4 is 14.2 Å². The molecule has 0 radical (unpaired) electrons. The van der Waals surface area contributed by atoms with E-state index in [1.165, 1.54) is 12.0 Å². The lowest BCUT2D eigenvalue weighted by Gasteiger charge is -2.40. The summed E-state index contributed by atoms with van der Waals surface area (Å²) in [5, 5.41) is 11.1. The maximum absolute atomic E-state index is 13.2. The Kier molecular flexibility index (Phi) is 9.37. The minimum atomic E-state index is -1.65. The van der Waals surface area contributed by atoms with Crippen LogP contribution in [0.3, 0.4) is 0 Å². The predicted molar refractivity (Wildman–Crippen MR) is 128 cm³/mol. The highest BCUT2D eigenvalue weighted by Crippen LogP contribution is 2.37. The van der Waals surface area contributed by atoms with Gasteiger partial charge in [0.2, 0.25) is 0 Å². The first-order chi connectivity index (χ1) is 16.8. The summed E-state index contributed by atoms with van der Waals surface area (Å²) in [5.41, 5.74) is -1.65. The maximum atomic E-state index is 13.2. The third-order valence-corrected chi connectivity index (χ3v) is 7.10. The van der Waals surface area contributed by atoms with Crippen LogP contribution in [-0.4, -0.2) is 73.3 Å². The highest BCUT2D eigenvalue weighted by molar-refractivity contribution is 6.39. The van der Waals surface area contributed by atoms with E-state index in [0.717, 1.165) is 19.3 Å². The standard InChI is InChI=1S/C26H37NO8/c1-4-18-9-5-7-13-26(18,31)23(28)24(29)27-14-8-6-10-20(27)25(30)35-16-15-34-19-11-12-21(32-2)22(17-19)33-3/h11-12,17-18,20,31H,4-10,13-16H2,1-3H3/t18-,20+,26+/m1/s1. The smallest absolute Gasteiger partial charge is 0.328 e. The van der Waals surface area contributed by atoms with Crippen LogP contribution in [0, 0.1) is 5.92 Å². The molecule has 0 unspecified atom stereocenters. The number of likely N-dealkylation sites (tertiary alicyclic amines) is 1. The Bertz CT molecular complexity index is 903. The van der Waals surface area contributed by atoms with Gasteiger partial charge in [-0.3, -0.25) is 9.59 Å². The summed E-state index contributed by atoms with van der Waals surface area (Å²) >= 11 is 0. The fourth-order valence-electron chi connectivity index (χ4n) is 5.11. The second kappa shape index (κ2) is 12.2. The number of amides is 1. The molecule has 1 aromatic carbocycles. The van der Waals surface area contributed by atoms with Gasteiger partial charge in [-0.25, -0.2) is 4.79 Å². The van der Waals surface area contributed by atoms with Crippen molar-refractivity contribution in [1.82, 2.24) is 4.90 Å². The van der Waals surface area contributed by atoms with E-state index in [1.54, 1.807) is 25.3 Å². The third-order valence-electron chi connectivity index (χ3n) is 7.10. The summed E-state index contributed by atoms with van der Waals surface area (Å²) in [6.45, 7) is 2.31. The lowest BCUT2D eigenvalue weighted by atomic mass is 9.71. The van der Waals surface area contributed by atoms with Crippen molar-refractivity contribution in [3.8, 4) is 17.2 Å². The number of benzene rings is 1. The first kappa shape index (κ1) is 26.8. The molecule has 1 saturated carbocycles. The van der Waals surface area contributed by atoms with Gasteiger partial charge >= 0.3 is 5.97 Å². The fourth-order valence-corrected chi connectivity index (χ4v) is 5.11. The molecular weight excluding hydrogens is 454 g/mol. The van der Waals surface area contributed by atoms with Crippen LogP contribution in [0.15, 0.2) is 18.2 Å². The van der Waals surface area contributed by atoms with Gasteiger partial charge in [0.25, 0.3) is 11.7 Å². The molecule has 1 heterocycles.